The zero-order valence-corrected chi connectivity index (χ0v) is 21.4. The molecule has 0 spiro atoms. The fraction of sp³-hybridized carbons (Fsp3) is 0.0938. The van der Waals surface area contributed by atoms with Crippen molar-refractivity contribution < 1.29 is 22.8 Å². The maximum Gasteiger partial charge on any atom is 0.416 e. The number of nitrogens with one attached hydrogen (secondary N) is 2. The number of halogens is 3. The highest BCUT2D eigenvalue weighted by Gasteiger charge is 2.30. The maximum absolute atomic E-state index is 13.2. The number of aryl methyl sites for hydroxylation is 1. The van der Waals surface area contributed by atoms with E-state index in [-0.39, 0.29) is 5.91 Å². The third-order valence-electron chi connectivity index (χ3n) is 6.47. The number of alkyl halides is 3. The summed E-state index contributed by atoms with van der Waals surface area (Å²) in [6, 6.07) is 26.2. The Labute approximate surface area is 228 Å². The van der Waals surface area contributed by atoms with Gasteiger partial charge in [0.15, 0.2) is 0 Å². The minimum Gasteiger partial charge on any atom is -0.348 e. The molecule has 5 nitrogen and oxygen atoms in total. The molecule has 2 amide bonds. The van der Waals surface area contributed by atoms with E-state index in [1.54, 1.807) is 48.5 Å². The van der Waals surface area contributed by atoms with Crippen LogP contribution in [-0.4, -0.2) is 16.8 Å². The predicted molar refractivity (Wildman–Crippen MR) is 149 cm³/mol. The average Bonchev–Trinajstić information content (AvgIpc) is 2.96. The molecule has 0 atom stereocenters. The van der Waals surface area contributed by atoms with Crippen molar-refractivity contribution in [1.82, 2.24) is 10.3 Å². The van der Waals surface area contributed by atoms with Gasteiger partial charge in [-0.3, -0.25) is 14.6 Å². The van der Waals surface area contributed by atoms with Crippen LogP contribution in [0, 0.1) is 6.92 Å². The number of nitrogens with zero attached hydrogens (tertiary/aromatic N) is 1. The van der Waals surface area contributed by atoms with E-state index < -0.39 is 17.6 Å². The zero-order valence-electron chi connectivity index (χ0n) is 21.4. The first-order valence-electron chi connectivity index (χ1n) is 12.5. The molecule has 8 heteroatoms. The summed E-state index contributed by atoms with van der Waals surface area (Å²) in [5.74, 6) is -0.658. The summed E-state index contributed by atoms with van der Waals surface area (Å²) >= 11 is 0. The molecule has 0 aliphatic heterocycles. The molecule has 0 saturated heterocycles. The van der Waals surface area contributed by atoms with E-state index in [2.05, 4.69) is 15.6 Å². The molecule has 0 radical (unpaired) electrons. The minimum absolute atomic E-state index is 0.243. The summed E-state index contributed by atoms with van der Waals surface area (Å²) in [6.45, 7) is 2.40. The van der Waals surface area contributed by atoms with Crippen LogP contribution in [0.2, 0.25) is 0 Å². The lowest BCUT2D eigenvalue weighted by molar-refractivity contribution is -0.137. The van der Waals surface area contributed by atoms with Crippen LogP contribution in [0.1, 0.15) is 37.4 Å². The van der Waals surface area contributed by atoms with Crippen molar-refractivity contribution in [3.63, 3.8) is 0 Å². The van der Waals surface area contributed by atoms with Crippen LogP contribution in [0.5, 0.6) is 0 Å². The molecule has 0 unspecified atom stereocenters. The van der Waals surface area contributed by atoms with Crippen molar-refractivity contribution in [2.45, 2.75) is 19.6 Å². The van der Waals surface area contributed by atoms with Gasteiger partial charge in [-0.2, -0.15) is 13.2 Å². The molecule has 0 bridgehead atoms. The van der Waals surface area contributed by atoms with Gasteiger partial charge in [0, 0.05) is 29.4 Å². The van der Waals surface area contributed by atoms with Gasteiger partial charge in [0.2, 0.25) is 0 Å². The van der Waals surface area contributed by atoms with Crippen molar-refractivity contribution in [2.24, 2.45) is 0 Å². The molecule has 40 heavy (non-hydrogen) atoms. The highest BCUT2D eigenvalue weighted by Crippen LogP contribution is 2.32. The molecular formula is C32H24F3N3O2. The average molecular weight is 540 g/mol. The van der Waals surface area contributed by atoms with Gasteiger partial charge in [-0.25, -0.2) is 0 Å². The molecule has 1 heterocycles. The van der Waals surface area contributed by atoms with Crippen LogP contribution in [0.4, 0.5) is 18.9 Å². The lowest BCUT2D eigenvalue weighted by Gasteiger charge is -2.12. The number of anilines is 1. The monoisotopic (exact) mass is 539 g/mol. The molecule has 4 aromatic carbocycles. The van der Waals surface area contributed by atoms with Crippen molar-refractivity contribution in [1.29, 1.82) is 0 Å². The standard InChI is InChI=1S/C32H24F3N3O2/c1-20-6-8-21(9-7-20)18-37-30(39)24-16-23-12-15-26(17-29(23)36-19-24)38-31(40)28-5-3-2-4-27(28)22-10-13-25(14-11-22)32(33,34)35/h2-17,19H,18H2,1H3,(H,37,39)(H,38,40). The number of carbonyl (C=O) groups is 2. The quantitative estimate of drug-likeness (QED) is 0.236. The third kappa shape index (κ3) is 6.02. The number of benzene rings is 4. The topological polar surface area (TPSA) is 71.1 Å². The fourth-order valence-electron chi connectivity index (χ4n) is 4.28. The van der Waals surface area contributed by atoms with E-state index in [0.29, 0.717) is 40.0 Å². The first-order valence-corrected chi connectivity index (χ1v) is 12.5. The second-order valence-electron chi connectivity index (χ2n) is 9.37. The molecular weight excluding hydrogens is 515 g/mol. The van der Waals surface area contributed by atoms with Crippen molar-refractivity contribution in [2.75, 3.05) is 5.32 Å². The van der Waals surface area contributed by atoms with E-state index in [0.717, 1.165) is 28.6 Å². The van der Waals surface area contributed by atoms with E-state index in [1.807, 2.05) is 31.2 Å². The molecule has 2 N–H and O–H groups in total. The molecule has 0 aliphatic carbocycles. The molecule has 0 saturated carbocycles. The van der Waals surface area contributed by atoms with Gasteiger partial charge in [0.1, 0.15) is 0 Å². The van der Waals surface area contributed by atoms with Crippen molar-refractivity contribution >= 4 is 28.4 Å². The first-order chi connectivity index (χ1) is 19.2. The smallest absolute Gasteiger partial charge is 0.348 e. The lowest BCUT2D eigenvalue weighted by atomic mass is 9.98. The van der Waals surface area contributed by atoms with Crippen molar-refractivity contribution in [3.8, 4) is 11.1 Å². The number of pyridine rings is 1. The Morgan fingerprint density at radius 3 is 2.27 bits per heavy atom. The number of aromatic nitrogens is 1. The summed E-state index contributed by atoms with van der Waals surface area (Å²) < 4.78 is 38.9. The summed E-state index contributed by atoms with van der Waals surface area (Å²) in [5, 5.41) is 6.46. The van der Waals surface area contributed by atoms with Crippen LogP contribution in [0.25, 0.3) is 22.0 Å². The summed E-state index contributed by atoms with van der Waals surface area (Å²) in [7, 11) is 0. The molecule has 5 aromatic rings. The largest absolute Gasteiger partial charge is 0.416 e. The van der Waals surface area contributed by atoms with Gasteiger partial charge in [0.05, 0.1) is 16.6 Å². The van der Waals surface area contributed by atoms with Gasteiger partial charge in [-0.05, 0) is 60.0 Å². The Hall–Kier alpha value is -4.98. The highest BCUT2D eigenvalue weighted by atomic mass is 19.4. The van der Waals surface area contributed by atoms with E-state index in [9.17, 15) is 22.8 Å². The summed E-state index contributed by atoms with van der Waals surface area (Å²) in [5.41, 5.74) is 4.20. The molecule has 5 rings (SSSR count). The Morgan fingerprint density at radius 2 is 1.55 bits per heavy atom. The number of hydrogen-bond donors (Lipinski definition) is 2. The van der Waals surface area contributed by atoms with E-state index in [4.69, 9.17) is 0 Å². The molecule has 0 fully saturated rings. The normalized spacial score (nSPS) is 11.3. The predicted octanol–water partition coefficient (Wildman–Crippen LogP) is 7.41. The molecule has 200 valence electrons. The second kappa shape index (κ2) is 11.0. The molecule has 1 aromatic heterocycles. The van der Waals surface area contributed by atoms with Crippen LogP contribution < -0.4 is 10.6 Å². The first kappa shape index (κ1) is 26.6. The van der Waals surface area contributed by atoms with Gasteiger partial charge < -0.3 is 10.6 Å². The van der Waals surface area contributed by atoms with Crippen LogP contribution in [0.15, 0.2) is 103 Å². The number of fused-ring (bicyclic) bond motifs is 1. The number of rotatable bonds is 6. The Balaban J connectivity index is 1.30. The number of carbonyl (C=O) groups excluding carboxylic acids is 2. The van der Waals surface area contributed by atoms with Gasteiger partial charge in [-0.15, -0.1) is 0 Å². The van der Waals surface area contributed by atoms with Crippen LogP contribution >= 0.6 is 0 Å². The highest BCUT2D eigenvalue weighted by molar-refractivity contribution is 6.09. The third-order valence-corrected chi connectivity index (χ3v) is 6.47. The van der Waals surface area contributed by atoms with Crippen molar-refractivity contribution in [3.05, 3.63) is 131 Å². The Kier molecular flexibility index (Phi) is 7.33. The lowest BCUT2D eigenvalue weighted by Crippen LogP contribution is -2.22. The number of hydrogen-bond acceptors (Lipinski definition) is 3. The zero-order chi connectivity index (χ0) is 28.3. The second-order valence-corrected chi connectivity index (χ2v) is 9.37. The van der Waals surface area contributed by atoms with Crippen LogP contribution in [0.3, 0.4) is 0 Å². The maximum atomic E-state index is 13.2. The summed E-state index contributed by atoms with van der Waals surface area (Å²) in [6.07, 6.45) is -2.95. The van der Waals surface area contributed by atoms with E-state index in [1.165, 1.54) is 18.3 Å². The van der Waals surface area contributed by atoms with Gasteiger partial charge in [0.25, 0.3) is 11.8 Å². The summed E-state index contributed by atoms with van der Waals surface area (Å²) in [4.78, 5) is 30.2. The van der Waals surface area contributed by atoms with Crippen LogP contribution in [-0.2, 0) is 12.7 Å². The van der Waals surface area contributed by atoms with Gasteiger partial charge in [-0.1, -0.05) is 66.2 Å². The fourth-order valence-corrected chi connectivity index (χ4v) is 4.28. The van der Waals surface area contributed by atoms with E-state index >= 15 is 0 Å². The number of amides is 2. The van der Waals surface area contributed by atoms with Gasteiger partial charge >= 0.3 is 6.18 Å². The minimum atomic E-state index is -4.44. The SMILES string of the molecule is Cc1ccc(CNC(=O)c2cnc3cc(NC(=O)c4ccccc4-c4ccc(C(F)(F)F)cc4)ccc3c2)cc1. The Morgan fingerprint density at radius 1 is 0.825 bits per heavy atom. The Bertz CT molecular complexity index is 1700. The molecule has 0 aliphatic rings.